The lowest BCUT2D eigenvalue weighted by Crippen LogP contribution is -2.01. The molecule has 15 heavy (non-hydrogen) atoms. The van der Waals surface area contributed by atoms with E-state index in [1.165, 1.54) is 43.5 Å². The van der Waals surface area contributed by atoms with Crippen molar-refractivity contribution < 1.29 is 0 Å². The maximum atomic E-state index is 4.60. The Labute approximate surface area is 93.7 Å². The van der Waals surface area contributed by atoms with Gasteiger partial charge in [-0.1, -0.05) is 33.1 Å². The number of nitrogens with zero attached hydrogens (tertiary/aromatic N) is 2. The normalized spacial score (nSPS) is 13.1. The average molecular weight is 208 g/mol. The highest BCUT2D eigenvalue weighted by Gasteiger charge is 2.13. The van der Waals surface area contributed by atoms with Crippen LogP contribution in [0.2, 0.25) is 0 Å². The summed E-state index contributed by atoms with van der Waals surface area (Å²) in [5, 5.41) is 4.60. The molecule has 1 aromatic rings. The molecular weight excluding hydrogens is 184 g/mol. The Kier molecular flexibility index (Phi) is 4.86. The molecule has 0 bridgehead atoms. The van der Waals surface area contributed by atoms with E-state index in [-0.39, 0.29) is 0 Å². The van der Waals surface area contributed by atoms with Gasteiger partial charge in [-0.05, 0) is 25.8 Å². The summed E-state index contributed by atoms with van der Waals surface area (Å²) in [6.45, 7) is 6.64. The van der Waals surface area contributed by atoms with Crippen molar-refractivity contribution in [2.75, 3.05) is 0 Å². The van der Waals surface area contributed by atoms with Gasteiger partial charge >= 0.3 is 0 Å². The van der Waals surface area contributed by atoms with E-state index in [0.29, 0.717) is 5.92 Å². The number of rotatable bonds is 6. The van der Waals surface area contributed by atoms with E-state index in [0.717, 1.165) is 0 Å². The fraction of sp³-hybridized carbons (Fsp3) is 0.769. The molecular formula is C13H24N2. The molecule has 0 spiro atoms. The van der Waals surface area contributed by atoms with Gasteiger partial charge in [0, 0.05) is 18.7 Å². The molecule has 2 heteroatoms. The van der Waals surface area contributed by atoms with E-state index in [4.69, 9.17) is 0 Å². The van der Waals surface area contributed by atoms with Crippen molar-refractivity contribution in [3.63, 3.8) is 0 Å². The molecule has 0 fully saturated rings. The van der Waals surface area contributed by atoms with E-state index in [1.807, 2.05) is 11.7 Å². The average Bonchev–Trinajstić information content (AvgIpc) is 2.54. The molecule has 1 rings (SSSR count). The highest BCUT2D eigenvalue weighted by Crippen LogP contribution is 2.26. The van der Waals surface area contributed by atoms with Gasteiger partial charge in [0.1, 0.15) is 0 Å². The van der Waals surface area contributed by atoms with E-state index in [9.17, 15) is 0 Å². The SMILES string of the molecule is CCCCC(CCC)c1cc(C)n(C)n1. The van der Waals surface area contributed by atoms with E-state index < -0.39 is 0 Å². The first-order chi connectivity index (χ1) is 7.19. The Morgan fingerprint density at radius 3 is 2.47 bits per heavy atom. The summed E-state index contributed by atoms with van der Waals surface area (Å²) in [4.78, 5) is 0. The molecule has 0 aliphatic rings. The zero-order chi connectivity index (χ0) is 11.3. The molecule has 1 aromatic heterocycles. The van der Waals surface area contributed by atoms with Crippen molar-refractivity contribution in [1.29, 1.82) is 0 Å². The summed E-state index contributed by atoms with van der Waals surface area (Å²) >= 11 is 0. The standard InChI is InChI=1S/C13H24N2/c1-5-7-9-12(8-6-2)13-10-11(3)15(4)14-13/h10,12H,5-9H2,1-4H3. The smallest absolute Gasteiger partial charge is 0.0658 e. The first kappa shape index (κ1) is 12.3. The third-order valence-corrected chi connectivity index (χ3v) is 3.09. The van der Waals surface area contributed by atoms with Crippen LogP contribution >= 0.6 is 0 Å². The van der Waals surface area contributed by atoms with E-state index in [1.54, 1.807) is 0 Å². The first-order valence-corrected chi connectivity index (χ1v) is 6.19. The predicted molar refractivity (Wildman–Crippen MR) is 65.1 cm³/mol. The highest BCUT2D eigenvalue weighted by molar-refractivity contribution is 5.13. The molecule has 0 aliphatic heterocycles. The molecule has 1 unspecified atom stereocenters. The van der Waals surface area contributed by atoms with Crippen molar-refractivity contribution in [1.82, 2.24) is 9.78 Å². The predicted octanol–water partition coefficient (Wildman–Crippen LogP) is 3.80. The molecule has 1 heterocycles. The van der Waals surface area contributed by atoms with Crippen LogP contribution in [-0.2, 0) is 7.05 Å². The summed E-state index contributed by atoms with van der Waals surface area (Å²) in [6.07, 6.45) is 6.42. The lowest BCUT2D eigenvalue weighted by Gasteiger charge is -2.12. The first-order valence-electron chi connectivity index (χ1n) is 6.19. The molecule has 86 valence electrons. The number of hydrogen-bond acceptors (Lipinski definition) is 1. The second-order valence-electron chi connectivity index (χ2n) is 4.46. The van der Waals surface area contributed by atoms with Crippen molar-refractivity contribution in [3.05, 3.63) is 17.5 Å². The molecule has 0 amide bonds. The molecule has 0 radical (unpaired) electrons. The van der Waals surface area contributed by atoms with Crippen LogP contribution in [0.3, 0.4) is 0 Å². The van der Waals surface area contributed by atoms with Crippen LogP contribution in [0.25, 0.3) is 0 Å². The van der Waals surface area contributed by atoms with Crippen LogP contribution in [0.5, 0.6) is 0 Å². The molecule has 0 aromatic carbocycles. The molecule has 0 aliphatic carbocycles. The third kappa shape index (κ3) is 3.37. The maximum Gasteiger partial charge on any atom is 0.0658 e. The Hall–Kier alpha value is -0.790. The second kappa shape index (κ2) is 5.94. The van der Waals surface area contributed by atoms with Crippen LogP contribution in [-0.4, -0.2) is 9.78 Å². The molecule has 1 atom stereocenters. The molecule has 0 saturated carbocycles. The minimum absolute atomic E-state index is 0.676. The van der Waals surface area contributed by atoms with Gasteiger partial charge < -0.3 is 0 Å². The Morgan fingerprint density at radius 2 is 2.00 bits per heavy atom. The summed E-state index contributed by atoms with van der Waals surface area (Å²) < 4.78 is 1.99. The van der Waals surface area contributed by atoms with Crippen LogP contribution in [0.15, 0.2) is 6.07 Å². The van der Waals surface area contributed by atoms with Crippen molar-refractivity contribution >= 4 is 0 Å². The maximum absolute atomic E-state index is 4.60. The summed E-state index contributed by atoms with van der Waals surface area (Å²) in [6, 6.07) is 2.25. The number of aromatic nitrogens is 2. The minimum Gasteiger partial charge on any atom is -0.273 e. The fourth-order valence-corrected chi connectivity index (χ4v) is 2.03. The van der Waals surface area contributed by atoms with Gasteiger partial charge in [-0.15, -0.1) is 0 Å². The Morgan fingerprint density at radius 1 is 1.27 bits per heavy atom. The topological polar surface area (TPSA) is 17.8 Å². The van der Waals surface area contributed by atoms with Gasteiger partial charge in [0.15, 0.2) is 0 Å². The monoisotopic (exact) mass is 208 g/mol. The van der Waals surface area contributed by atoms with Gasteiger partial charge in [0.2, 0.25) is 0 Å². The highest BCUT2D eigenvalue weighted by atomic mass is 15.3. The van der Waals surface area contributed by atoms with Crippen molar-refractivity contribution in [2.24, 2.45) is 7.05 Å². The lowest BCUT2D eigenvalue weighted by atomic mass is 9.94. The van der Waals surface area contributed by atoms with Gasteiger partial charge in [-0.2, -0.15) is 5.10 Å². The molecule has 2 nitrogen and oxygen atoms in total. The van der Waals surface area contributed by atoms with Crippen LogP contribution in [0.4, 0.5) is 0 Å². The number of unbranched alkanes of at least 4 members (excludes halogenated alkanes) is 1. The fourth-order valence-electron chi connectivity index (χ4n) is 2.03. The van der Waals surface area contributed by atoms with Crippen LogP contribution in [0.1, 0.15) is 63.3 Å². The quantitative estimate of drug-likeness (QED) is 0.695. The summed E-state index contributed by atoms with van der Waals surface area (Å²) in [5.74, 6) is 0.676. The molecule has 0 N–H and O–H groups in total. The van der Waals surface area contributed by atoms with Gasteiger partial charge in [0.05, 0.1) is 5.69 Å². The second-order valence-corrected chi connectivity index (χ2v) is 4.46. The Bertz CT molecular complexity index is 269. The number of hydrogen-bond donors (Lipinski definition) is 0. The lowest BCUT2D eigenvalue weighted by molar-refractivity contribution is 0.522. The van der Waals surface area contributed by atoms with Gasteiger partial charge in [0.25, 0.3) is 0 Å². The Balaban J connectivity index is 2.69. The van der Waals surface area contributed by atoms with Crippen LogP contribution < -0.4 is 0 Å². The van der Waals surface area contributed by atoms with E-state index in [2.05, 4.69) is 31.9 Å². The van der Waals surface area contributed by atoms with Crippen molar-refractivity contribution in [2.45, 2.75) is 58.8 Å². The zero-order valence-corrected chi connectivity index (χ0v) is 10.6. The summed E-state index contributed by atoms with van der Waals surface area (Å²) in [7, 11) is 2.03. The summed E-state index contributed by atoms with van der Waals surface area (Å²) in [5.41, 5.74) is 2.56. The third-order valence-electron chi connectivity index (χ3n) is 3.09. The van der Waals surface area contributed by atoms with E-state index >= 15 is 0 Å². The van der Waals surface area contributed by atoms with Crippen LogP contribution in [0, 0.1) is 6.92 Å². The van der Waals surface area contributed by atoms with Gasteiger partial charge in [-0.25, -0.2) is 0 Å². The number of aryl methyl sites for hydroxylation is 2. The minimum atomic E-state index is 0.676. The zero-order valence-electron chi connectivity index (χ0n) is 10.6. The van der Waals surface area contributed by atoms with Gasteiger partial charge in [-0.3, -0.25) is 4.68 Å². The molecule has 0 saturated heterocycles. The largest absolute Gasteiger partial charge is 0.273 e. The van der Waals surface area contributed by atoms with Crippen molar-refractivity contribution in [3.8, 4) is 0 Å².